The molecule has 2 rings (SSSR count). The Hall–Kier alpha value is -0.990. The van der Waals surface area contributed by atoms with E-state index in [0.29, 0.717) is 0 Å². The summed E-state index contributed by atoms with van der Waals surface area (Å²) in [7, 11) is 1.68. The maximum absolute atomic E-state index is 6.46. The van der Waals surface area contributed by atoms with Crippen LogP contribution >= 0.6 is 22.9 Å². The van der Waals surface area contributed by atoms with E-state index in [4.69, 9.17) is 16.3 Å². The van der Waals surface area contributed by atoms with Gasteiger partial charge in [0.05, 0.1) is 12.5 Å². The van der Waals surface area contributed by atoms with E-state index in [0.717, 1.165) is 18.6 Å². The van der Waals surface area contributed by atoms with Crippen molar-refractivity contribution in [1.29, 1.82) is 0 Å². The highest BCUT2D eigenvalue weighted by Gasteiger charge is 2.11. The lowest BCUT2D eigenvalue weighted by Gasteiger charge is -2.08. The maximum Gasteiger partial charge on any atom is 0.118 e. The van der Waals surface area contributed by atoms with Crippen molar-refractivity contribution in [2.75, 3.05) is 7.11 Å². The van der Waals surface area contributed by atoms with Crippen molar-refractivity contribution in [1.82, 2.24) is 0 Å². The third-order valence-electron chi connectivity index (χ3n) is 2.91. The van der Waals surface area contributed by atoms with Crippen LogP contribution in [-0.4, -0.2) is 7.11 Å². The Morgan fingerprint density at radius 3 is 2.44 bits per heavy atom. The van der Waals surface area contributed by atoms with Gasteiger partial charge in [0.25, 0.3) is 0 Å². The van der Waals surface area contributed by atoms with Crippen molar-refractivity contribution in [3.8, 4) is 5.75 Å². The monoisotopic (exact) mass is 280 g/mol. The van der Waals surface area contributed by atoms with Crippen LogP contribution in [-0.2, 0) is 12.8 Å². The quantitative estimate of drug-likeness (QED) is 0.712. The van der Waals surface area contributed by atoms with Gasteiger partial charge in [-0.15, -0.1) is 22.9 Å². The van der Waals surface area contributed by atoms with Gasteiger partial charge in [0, 0.05) is 9.75 Å². The molecule has 1 atom stereocenters. The lowest BCUT2D eigenvalue weighted by Crippen LogP contribution is -1.93. The van der Waals surface area contributed by atoms with Gasteiger partial charge < -0.3 is 4.74 Å². The summed E-state index contributed by atoms with van der Waals surface area (Å²) >= 11 is 8.28. The Balaban J connectivity index is 2.03. The first-order chi connectivity index (χ1) is 8.72. The normalized spacial score (nSPS) is 12.4. The summed E-state index contributed by atoms with van der Waals surface area (Å²) in [6.45, 7) is 2.17. The van der Waals surface area contributed by atoms with Gasteiger partial charge in [-0.1, -0.05) is 19.1 Å². The van der Waals surface area contributed by atoms with Crippen LogP contribution in [0.15, 0.2) is 36.4 Å². The zero-order valence-corrected chi connectivity index (χ0v) is 12.2. The van der Waals surface area contributed by atoms with Crippen molar-refractivity contribution >= 4 is 22.9 Å². The Morgan fingerprint density at radius 2 is 1.89 bits per heavy atom. The average Bonchev–Trinajstić information content (AvgIpc) is 2.88. The van der Waals surface area contributed by atoms with E-state index in [1.54, 1.807) is 7.11 Å². The predicted molar refractivity (Wildman–Crippen MR) is 79.0 cm³/mol. The van der Waals surface area contributed by atoms with Crippen molar-refractivity contribution < 1.29 is 4.74 Å². The molecule has 1 heterocycles. The topological polar surface area (TPSA) is 9.23 Å². The Morgan fingerprint density at radius 1 is 1.17 bits per heavy atom. The number of hydrogen-bond donors (Lipinski definition) is 0. The fourth-order valence-corrected chi connectivity index (χ4v) is 3.14. The summed E-state index contributed by atoms with van der Waals surface area (Å²) in [5.74, 6) is 0.884. The van der Waals surface area contributed by atoms with Crippen LogP contribution in [0.2, 0.25) is 0 Å². The molecule has 96 valence electrons. The molecule has 0 N–H and O–H groups in total. The van der Waals surface area contributed by atoms with E-state index in [2.05, 4.69) is 31.2 Å². The van der Waals surface area contributed by atoms with Crippen LogP contribution in [0.1, 0.15) is 27.6 Å². The minimum Gasteiger partial charge on any atom is -0.497 e. The molecule has 0 aliphatic carbocycles. The predicted octanol–water partition coefficient (Wildman–Crippen LogP) is 4.84. The molecule has 0 amide bonds. The smallest absolute Gasteiger partial charge is 0.118 e. The largest absolute Gasteiger partial charge is 0.497 e. The molecule has 18 heavy (non-hydrogen) atoms. The highest BCUT2D eigenvalue weighted by atomic mass is 35.5. The van der Waals surface area contributed by atoms with Crippen molar-refractivity contribution in [2.45, 2.75) is 25.1 Å². The van der Waals surface area contributed by atoms with Crippen molar-refractivity contribution in [3.63, 3.8) is 0 Å². The summed E-state index contributed by atoms with van der Waals surface area (Å²) in [5, 5.41) is 0.0590. The molecule has 0 aliphatic heterocycles. The SMILES string of the molecule is CCc1ccc(C(Cl)Cc2ccc(OC)cc2)s1. The third-order valence-corrected chi connectivity index (χ3v) is 4.78. The molecule has 0 aliphatic rings. The van der Waals surface area contributed by atoms with E-state index in [-0.39, 0.29) is 5.38 Å². The zero-order chi connectivity index (χ0) is 13.0. The number of aryl methyl sites for hydroxylation is 1. The first-order valence-corrected chi connectivity index (χ1v) is 7.33. The summed E-state index contributed by atoms with van der Waals surface area (Å²) < 4.78 is 5.15. The molecule has 1 aromatic carbocycles. The van der Waals surface area contributed by atoms with Crippen molar-refractivity contribution in [3.05, 3.63) is 51.7 Å². The molecule has 1 unspecified atom stereocenters. The molecule has 0 saturated heterocycles. The number of thiophene rings is 1. The fourth-order valence-electron chi connectivity index (χ4n) is 1.82. The Bertz CT molecular complexity index is 489. The Labute approximate surface area is 117 Å². The molecule has 0 bridgehead atoms. The summed E-state index contributed by atoms with van der Waals surface area (Å²) in [6.07, 6.45) is 1.94. The highest BCUT2D eigenvalue weighted by Crippen LogP contribution is 2.31. The van der Waals surface area contributed by atoms with Gasteiger partial charge in [-0.2, -0.15) is 0 Å². The summed E-state index contributed by atoms with van der Waals surface area (Å²) in [5.41, 5.74) is 1.24. The number of methoxy groups -OCH3 is 1. The first-order valence-electron chi connectivity index (χ1n) is 6.08. The fraction of sp³-hybridized carbons (Fsp3) is 0.333. The van der Waals surface area contributed by atoms with Gasteiger partial charge in [-0.25, -0.2) is 0 Å². The number of hydrogen-bond acceptors (Lipinski definition) is 2. The van der Waals surface area contributed by atoms with E-state index in [1.807, 2.05) is 23.5 Å². The standard InChI is InChI=1S/C15H17ClOS/c1-3-13-8-9-15(18-13)14(16)10-11-4-6-12(17-2)7-5-11/h4-9,14H,3,10H2,1-2H3. The molecule has 0 spiro atoms. The van der Waals surface area contributed by atoms with Crippen LogP contribution in [0.4, 0.5) is 0 Å². The van der Waals surface area contributed by atoms with Gasteiger partial charge in [0.2, 0.25) is 0 Å². The number of halogens is 1. The molecule has 0 saturated carbocycles. The highest BCUT2D eigenvalue weighted by molar-refractivity contribution is 7.12. The Kier molecular flexibility index (Phi) is 4.67. The van der Waals surface area contributed by atoms with Gasteiger partial charge in [-0.3, -0.25) is 0 Å². The van der Waals surface area contributed by atoms with Crippen molar-refractivity contribution in [2.24, 2.45) is 0 Å². The van der Waals surface area contributed by atoms with Gasteiger partial charge >= 0.3 is 0 Å². The molecular formula is C15H17ClOS. The minimum absolute atomic E-state index is 0.0590. The third kappa shape index (κ3) is 3.27. The second-order valence-electron chi connectivity index (χ2n) is 4.18. The number of rotatable bonds is 5. The van der Waals surface area contributed by atoms with E-state index in [9.17, 15) is 0 Å². The molecule has 0 radical (unpaired) electrons. The lowest BCUT2D eigenvalue weighted by atomic mass is 10.1. The molecule has 1 aromatic heterocycles. The van der Waals surface area contributed by atoms with E-state index in [1.165, 1.54) is 15.3 Å². The molecule has 0 fully saturated rings. The first kappa shape index (κ1) is 13.4. The molecule has 2 aromatic rings. The minimum atomic E-state index is 0.0590. The summed E-state index contributed by atoms with van der Waals surface area (Å²) in [6, 6.07) is 12.4. The van der Waals surface area contributed by atoms with Crippen LogP contribution in [0.5, 0.6) is 5.75 Å². The zero-order valence-electron chi connectivity index (χ0n) is 10.7. The van der Waals surface area contributed by atoms with Gasteiger partial charge in [0.15, 0.2) is 0 Å². The van der Waals surface area contributed by atoms with E-state index < -0.39 is 0 Å². The second-order valence-corrected chi connectivity index (χ2v) is 5.90. The van der Waals surface area contributed by atoms with Crippen LogP contribution in [0.25, 0.3) is 0 Å². The second kappa shape index (κ2) is 6.26. The number of benzene rings is 1. The van der Waals surface area contributed by atoms with Gasteiger partial charge in [-0.05, 0) is 42.7 Å². The molecular weight excluding hydrogens is 264 g/mol. The summed E-state index contributed by atoms with van der Waals surface area (Å²) in [4.78, 5) is 2.65. The maximum atomic E-state index is 6.46. The number of alkyl halides is 1. The van der Waals surface area contributed by atoms with Crippen LogP contribution < -0.4 is 4.74 Å². The average molecular weight is 281 g/mol. The lowest BCUT2D eigenvalue weighted by molar-refractivity contribution is 0.414. The van der Waals surface area contributed by atoms with Crippen LogP contribution in [0.3, 0.4) is 0 Å². The number of ether oxygens (including phenoxy) is 1. The molecule has 3 heteroatoms. The van der Waals surface area contributed by atoms with Gasteiger partial charge in [0.1, 0.15) is 5.75 Å². The van der Waals surface area contributed by atoms with E-state index >= 15 is 0 Å². The molecule has 1 nitrogen and oxygen atoms in total. The van der Waals surface area contributed by atoms with Crippen LogP contribution in [0, 0.1) is 0 Å².